The average molecular weight is 215 g/mol. The number of carbonyl (C=O) groups is 1. The van der Waals surface area contributed by atoms with E-state index in [0.717, 1.165) is 5.01 Å². The monoisotopic (exact) mass is 214 g/mol. The maximum Gasteiger partial charge on any atom is 0.274 e. The van der Waals surface area contributed by atoms with Crippen molar-refractivity contribution in [2.75, 3.05) is 13.7 Å². The summed E-state index contributed by atoms with van der Waals surface area (Å²) in [5.41, 5.74) is 0. The summed E-state index contributed by atoms with van der Waals surface area (Å²) < 4.78 is 5.16. The molecule has 0 atom stereocenters. The lowest BCUT2D eigenvalue weighted by Gasteiger charge is -2.11. The normalized spacial score (nSPS) is 9.64. The molecule has 0 bridgehead atoms. The van der Waals surface area contributed by atoms with Crippen LogP contribution in [-0.4, -0.2) is 24.6 Å². The number of nitrogens with zero attached hydrogens (tertiary/aromatic N) is 1. The van der Waals surface area contributed by atoms with Gasteiger partial charge in [0.25, 0.3) is 5.91 Å². The Morgan fingerprint density at radius 3 is 2.79 bits per heavy atom. The number of rotatable bonds is 3. The highest BCUT2D eigenvalue weighted by molar-refractivity contribution is 6.32. The van der Waals surface area contributed by atoms with E-state index in [0.29, 0.717) is 10.8 Å². The topological polar surface area (TPSA) is 55.6 Å². The van der Waals surface area contributed by atoms with Gasteiger partial charge in [0.15, 0.2) is 6.61 Å². The van der Waals surface area contributed by atoms with E-state index in [1.807, 2.05) is 0 Å². The molecule has 1 amide bonds. The molecule has 0 aliphatic carbocycles. The van der Waals surface area contributed by atoms with E-state index >= 15 is 0 Å². The van der Waals surface area contributed by atoms with Crippen LogP contribution in [0.25, 0.3) is 0 Å². The summed E-state index contributed by atoms with van der Waals surface area (Å²) >= 11 is 5.81. The van der Waals surface area contributed by atoms with E-state index in [1.165, 1.54) is 7.05 Å². The minimum atomic E-state index is -0.315. The third-order valence-corrected chi connectivity index (χ3v) is 1.89. The highest BCUT2D eigenvalue weighted by atomic mass is 35.5. The number of halogens is 1. The first-order valence-electron chi connectivity index (χ1n) is 4.00. The zero-order valence-electron chi connectivity index (χ0n) is 7.74. The molecule has 4 nitrogen and oxygen atoms in total. The van der Waals surface area contributed by atoms with Gasteiger partial charge >= 0.3 is 0 Å². The third-order valence-electron chi connectivity index (χ3n) is 1.58. The van der Waals surface area contributed by atoms with E-state index in [-0.39, 0.29) is 12.5 Å². The number of ether oxygens (including phenoxy) is 1. The standard InChI is InChI=1S/C9H11ClN2O2/c1-12(11)9(13)6-14-8-5-3-2-4-7(8)10/h2-5H,6,11H2,1H3. The van der Waals surface area contributed by atoms with Crippen LogP contribution in [-0.2, 0) is 4.79 Å². The lowest BCUT2D eigenvalue weighted by Crippen LogP contribution is -2.36. The fourth-order valence-electron chi connectivity index (χ4n) is 0.803. The molecule has 0 spiro atoms. The molecule has 0 radical (unpaired) electrons. The summed E-state index contributed by atoms with van der Waals surface area (Å²) in [4.78, 5) is 11.1. The molecule has 1 rings (SSSR count). The lowest BCUT2D eigenvalue weighted by molar-refractivity contribution is -0.132. The molecular formula is C9H11ClN2O2. The molecule has 5 heteroatoms. The quantitative estimate of drug-likeness (QED) is 0.465. The van der Waals surface area contributed by atoms with Crippen molar-refractivity contribution < 1.29 is 9.53 Å². The van der Waals surface area contributed by atoms with Gasteiger partial charge in [0.2, 0.25) is 0 Å². The first kappa shape index (κ1) is 10.8. The molecule has 0 fully saturated rings. The van der Waals surface area contributed by atoms with Crippen molar-refractivity contribution in [3.05, 3.63) is 29.3 Å². The number of benzene rings is 1. The second kappa shape index (κ2) is 4.83. The van der Waals surface area contributed by atoms with Gasteiger partial charge in [0.1, 0.15) is 5.75 Å². The van der Waals surface area contributed by atoms with Gasteiger partial charge in [0, 0.05) is 7.05 Å². The van der Waals surface area contributed by atoms with Gasteiger partial charge in [-0.05, 0) is 12.1 Å². The van der Waals surface area contributed by atoms with Crippen molar-refractivity contribution >= 4 is 17.5 Å². The van der Waals surface area contributed by atoms with Crippen LogP contribution in [0, 0.1) is 0 Å². The molecule has 1 aromatic rings. The van der Waals surface area contributed by atoms with Crippen LogP contribution in [0.4, 0.5) is 0 Å². The minimum Gasteiger partial charge on any atom is -0.482 e. The number of hydrogen-bond acceptors (Lipinski definition) is 3. The zero-order valence-corrected chi connectivity index (χ0v) is 8.49. The Balaban J connectivity index is 2.54. The van der Waals surface area contributed by atoms with Crippen LogP contribution in [0.3, 0.4) is 0 Å². The van der Waals surface area contributed by atoms with Gasteiger partial charge < -0.3 is 4.74 Å². The van der Waals surface area contributed by atoms with Crippen molar-refractivity contribution in [2.45, 2.75) is 0 Å². The maximum atomic E-state index is 11.1. The number of amides is 1. The predicted octanol–water partition coefficient (Wildman–Crippen LogP) is 1.05. The van der Waals surface area contributed by atoms with Crippen LogP contribution in [0.5, 0.6) is 5.75 Å². The first-order chi connectivity index (χ1) is 6.61. The molecular weight excluding hydrogens is 204 g/mol. The highest BCUT2D eigenvalue weighted by Crippen LogP contribution is 2.22. The summed E-state index contributed by atoms with van der Waals surface area (Å²) in [5.74, 6) is 5.37. The number of hydrogen-bond donors (Lipinski definition) is 1. The zero-order chi connectivity index (χ0) is 10.6. The van der Waals surface area contributed by atoms with Gasteiger partial charge in [0.05, 0.1) is 5.02 Å². The summed E-state index contributed by atoms with van der Waals surface area (Å²) in [6.45, 7) is -0.114. The Morgan fingerprint density at radius 2 is 2.21 bits per heavy atom. The number of carbonyl (C=O) groups excluding carboxylic acids is 1. The van der Waals surface area contributed by atoms with Crippen LogP contribution >= 0.6 is 11.6 Å². The molecule has 1 aromatic carbocycles. The molecule has 0 unspecified atom stereocenters. The average Bonchev–Trinajstić information content (AvgIpc) is 2.16. The maximum absolute atomic E-state index is 11.1. The van der Waals surface area contributed by atoms with Gasteiger partial charge in [-0.1, -0.05) is 23.7 Å². The van der Waals surface area contributed by atoms with Gasteiger partial charge in [-0.15, -0.1) is 0 Å². The van der Waals surface area contributed by atoms with E-state index in [2.05, 4.69) is 0 Å². The molecule has 0 saturated carbocycles. The van der Waals surface area contributed by atoms with Crippen molar-refractivity contribution in [1.29, 1.82) is 0 Å². The summed E-state index contributed by atoms with van der Waals surface area (Å²) in [6.07, 6.45) is 0. The Hall–Kier alpha value is -1.26. The van der Waals surface area contributed by atoms with Crippen LogP contribution in [0.2, 0.25) is 5.02 Å². The Labute approximate surface area is 87.2 Å². The SMILES string of the molecule is CN(N)C(=O)COc1ccccc1Cl. The third kappa shape index (κ3) is 2.90. The molecule has 0 aliphatic rings. The van der Waals surface area contributed by atoms with Gasteiger partial charge in [-0.3, -0.25) is 9.80 Å². The molecule has 2 N–H and O–H groups in total. The molecule has 0 heterocycles. The van der Waals surface area contributed by atoms with Crippen LogP contribution in [0.1, 0.15) is 0 Å². The Bertz CT molecular complexity index is 328. The lowest BCUT2D eigenvalue weighted by atomic mass is 10.3. The molecule has 0 aliphatic heterocycles. The molecule has 0 aromatic heterocycles. The number of hydrazine groups is 1. The summed E-state index contributed by atoms with van der Waals surface area (Å²) in [7, 11) is 1.46. The number of likely N-dealkylation sites (N-methyl/N-ethyl adjacent to an activating group) is 1. The Morgan fingerprint density at radius 1 is 1.57 bits per heavy atom. The second-order valence-electron chi connectivity index (χ2n) is 2.72. The summed E-state index contributed by atoms with van der Waals surface area (Å²) in [6, 6.07) is 6.93. The Kier molecular flexibility index (Phi) is 3.73. The number of para-hydroxylation sites is 1. The van der Waals surface area contributed by atoms with E-state index in [1.54, 1.807) is 24.3 Å². The predicted molar refractivity (Wildman–Crippen MR) is 53.9 cm³/mol. The highest BCUT2D eigenvalue weighted by Gasteiger charge is 2.06. The van der Waals surface area contributed by atoms with Crippen molar-refractivity contribution in [3.63, 3.8) is 0 Å². The second-order valence-corrected chi connectivity index (χ2v) is 3.13. The van der Waals surface area contributed by atoms with E-state index in [4.69, 9.17) is 22.2 Å². The molecule has 0 saturated heterocycles. The number of nitrogens with two attached hydrogens (primary N) is 1. The van der Waals surface area contributed by atoms with Crippen LogP contribution in [0.15, 0.2) is 24.3 Å². The van der Waals surface area contributed by atoms with E-state index in [9.17, 15) is 4.79 Å². The molecule has 76 valence electrons. The van der Waals surface area contributed by atoms with Crippen molar-refractivity contribution in [3.8, 4) is 5.75 Å². The van der Waals surface area contributed by atoms with Crippen molar-refractivity contribution in [1.82, 2.24) is 5.01 Å². The fraction of sp³-hybridized carbons (Fsp3) is 0.222. The molecule has 14 heavy (non-hydrogen) atoms. The smallest absolute Gasteiger partial charge is 0.274 e. The van der Waals surface area contributed by atoms with E-state index < -0.39 is 0 Å². The minimum absolute atomic E-state index is 0.114. The summed E-state index contributed by atoms with van der Waals surface area (Å²) in [5, 5.41) is 1.44. The van der Waals surface area contributed by atoms with Crippen LogP contribution < -0.4 is 10.6 Å². The largest absolute Gasteiger partial charge is 0.482 e. The first-order valence-corrected chi connectivity index (χ1v) is 4.37. The van der Waals surface area contributed by atoms with Gasteiger partial charge in [-0.25, -0.2) is 5.84 Å². The van der Waals surface area contributed by atoms with Gasteiger partial charge in [-0.2, -0.15) is 0 Å². The fourth-order valence-corrected chi connectivity index (χ4v) is 0.993. The van der Waals surface area contributed by atoms with Crippen molar-refractivity contribution in [2.24, 2.45) is 5.84 Å².